The zero-order valence-electron chi connectivity index (χ0n) is 7.55. The van der Waals surface area contributed by atoms with Crippen LogP contribution in [0.4, 0.5) is 0 Å². The van der Waals surface area contributed by atoms with Gasteiger partial charge >= 0.3 is 0 Å². The molecule has 0 aliphatic rings. The van der Waals surface area contributed by atoms with Gasteiger partial charge in [-0.25, -0.2) is 4.98 Å². The molecule has 5 heteroatoms. The molecular weight excluding hydrogens is 198 g/mol. The normalized spacial score (nSPS) is 13.3. The number of thiazole rings is 1. The van der Waals surface area contributed by atoms with Crippen LogP contribution in [0.5, 0.6) is 0 Å². The minimum absolute atomic E-state index is 0.0926. The van der Waals surface area contributed by atoms with Crippen molar-refractivity contribution < 1.29 is 5.11 Å². The highest BCUT2D eigenvalue weighted by atomic mass is 32.1. The fourth-order valence-corrected chi connectivity index (χ4v) is 2.19. The predicted octanol–water partition coefficient (Wildman–Crippen LogP) is 1.07. The van der Waals surface area contributed by atoms with Crippen LogP contribution in [-0.2, 0) is 0 Å². The van der Waals surface area contributed by atoms with Crippen LogP contribution in [0.2, 0.25) is 0 Å². The maximum absolute atomic E-state index is 8.76. The summed E-state index contributed by atoms with van der Waals surface area (Å²) in [6.07, 6.45) is 4.01. The highest BCUT2D eigenvalue weighted by Gasteiger charge is 2.10. The van der Waals surface area contributed by atoms with Crippen LogP contribution in [0.15, 0.2) is 18.5 Å². The summed E-state index contributed by atoms with van der Waals surface area (Å²) in [4.78, 5) is 8.34. The molecule has 0 radical (unpaired) electrons. The Morgan fingerprint density at radius 3 is 3.14 bits per heavy atom. The van der Waals surface area contributed by atoms with Crippen molar-refractivity contribution in [3.8, 4) is 0 Å². The SMILES string of the molecule is NC(CCO)c1nc2cnccc2s1. The Kier molecular flexibility index (Phi) is 2.72. The number of hydrogen-bond acceptors (Lipinski definition) is 5. The first-order valence-corrected chi connectivity index (χ1v) is 5.20. The zero-order chi connectivity index (χ0) is 9.97. The predicted molar refractivity (Wildman–Crippen MR) is 56.0 cm³/mol. The largest absolute Gasteiger partial charge is 0.396 e. The Morgan fingerprint density at radius 2 is 2.43 bits per heavy atom. The summed E-state index contributed by atoms with van der Waals surface area (Å²) < 4.78 is 1.09. The van der Waals surface area contributed by atoms with Gasteiger partial charge < -0.3 is 10.8 Å². The third-order valence-electron chi connectivity index (χ3n) is 1.96. The molecule has 74 valence electrons. The molecule has 0 bridgehead atoms. The van der Waals surface area contributed by atoms with E-state index in [2.05, 4.69) is 9.97 Å². The third kappa shape index (κ3) is 1.75. The number of nitrogens with zero attached hydrogens (tertiary/aromatic N) is 2. The molecule has 0 saturated carbocycles. The Balaban J connectivity index is 2.35. The zero-order valence-corrected chi connectivity index (χ0v) is 8.37. The van der Waals surface area contributed by atoms with E-state index in [0.717, 1.165) is 15.2 Å². The highest BCUT2D eigenvalue weighted by molar-refractivity contribution is 7.18. The molecule has 2 aromatic rings. The summed E-state index contributed by atoms with van der Waals surface area (Å²) in [5.74, 6) is 0. The van der Waals surface area contributed by atoms with Crippen molar-refractivity contribution in [2.45, 2.75) is 12.5 Å². The van der Waals surface area contributed by atoms with Gasteiger partial charge in [0.15, 0.2) is 0 Å². The van der Waals surface area contributed by atoms with Crippen molar-refractivity contribution >= 4 is 21.6 Å². The lowest BCUT2D eigenvalue weighted by Gasteiger charge is -2.03. The quantitative estimate of drug-likeness (QED) is 0.793. The molecule has 0 aliphatic heterocycles. The van der Waals surface area contributed by atoms with E-state index >= 15 is 0 Å². The number of pyridine rings is 1. The van der Waals surface area contributed by atoms with Gasteiger partial charge in [0, 0.05) is 12.8 Å². The maximum atomic E-state index is 8.76. The second kappa shape index (κ2) is 4.00. The molecule has 0 amide bonds. The molecule has 3 N–H and O–H groups in total. The van der Waals surface area contributed by atoms with Crippen LogP contribution >= 0.6 is 11.3 Å². The van der Waals surface area contributed by atoms with Gasteiger partial charge in [-0.15, -0.1) is 11.3 Å². The molecule has 0 fully saturated rings. The second-order valence-corrected chi connectivity index (χ2v) is 4.08. The molecule has 0 saturated heterocycles. The average Bonchev–Trinajstić information content (AvgIpc) is 2.61. The summed E-state index contributed by atoms with van der Waals surface area (Å²) in [7, 11) is 0. The minimum atomic E-state index is -0.169. The van der Waals surface area contributed by atoms with E-state index in [1.165, 1.54) is 0 Å². The van der Waals surface area contributed by atoms with Crippen molar-refractivity contribution in [2.24, 2.45) is 5.73 Å². The average molecular weight is 209 g/mol. The van der Waals surface area contributed by atoms with Crippen LogP contribution < -0.4 is 5.73 Å². The minimum Gasteiger partial charge on any atom is -0.396 e. The molecule has 1 unspecified atom stereocenters. The Bertz CT molecular complexity index is 396. The molecule has 1 atom stereocenters. The Labute approximate surface area is 85.4 Å². The number of nitrogens with two attached hydrogens (primary N) is 1. The number of aliphatic hydroxyl groups is 1. The number of hydrogen-bond donors (Lipinski definition) is 2. The lowest BCUT2D eigenvalue weighted by Crippen LogP contribution is -2.11. The first-order chi connectivity index (χ1) is 6.81. The number of fused-ring (bicyclic) bond motifs is 1. The molecular formula is C9H11N3OS. The first-order valence-electron chi connectivity index (χ1n) is 4.38. The molecule has 14 heavy (non-hydrogen) atoms. The first kappa shape index (κ1) is 9.51. The summed E-state index contributed by atoms with van der Waals surface area (Å²) in [5, 5.41) is 9.62. The number of aromatic nitrogens is 2. The van der Waals surface area contributed by atoms with Gasteiger partial charge in [-0.3, -0.25) is 4.98 Å². The molecule has 0 spiro atoms. The van der Waals surface area contributed by atoms with Crippen LogP contribution in [0.25, 0.3) is 10.2 Å². The Morgan fingerprint density at radius 1 is 1.57 bits per heavy atom. The van der Waals surface area contributed by atoms with Crippen molar-refractivity contribution in [2.75, 3.05) is 6.61 Å². The summed E-state index contributed by atoms with van der Waals surface area (Å²) >= 11 is 1.56. The number of aliphatic hydroxyl groups excluding tert-OH is 1. The number of rotatable bonds is 3. The molecule has 0 aliphatic carbocycles. The lowest BCUT2D eigenvalue weighted by molar-refractivity contribution is 0.276. The van der Waals surface area contributed by atoms with Crippen molar-refractivity contribution in [3.63, 3.8) is 0 Å². The van der Waals surface area contributed by atoms with E-state index in [1.807, 2.05) is 6.07 Å². The van der Waals surface area contributed by atoms with E-state index in [9.17, 15) is 0 Å². The van der Waals surface area contributed by atoms with Crippen LogP contribution in [0, 0.1) is 0 Å². The van der Waals surface area contributed by atoms with E-state index < -0.39 is 0 Å². The van der Waals surface area contributed by atoms with E-state index in [4.69, 9.17) is 10.8 Å². The van der Waals surface area contributed by atoms with Gasteiger partial charge in [-0.05, 0) is 12.5 Å². The van der Waals surface area contributed by atoms with Gasteiger partial charge in [0.2, 0.25) is 0 Å². The maximum Gasteiger partial charge on any atom is 0.111 e. The Hall–Kier alpha value is -1.04. The fraction of sp³-hybridized carbons (Fsp3) is 0.333. The topological polar surface area (TPSA) is 72.0 Å². The molecule has 2 heterocycles. The molecule has 0 aromatic carbocycles. The molecule has 4 nitrogen and oxygen atoms in total. The van der Waals surface area contributed by atoms with Gasteiger partial charge in [-0.2, -0.15) is 0 Å². The summed E-state index contributed by atoms with van der Waals surface area (Å²) in [6.45, 7) is 0.0926. The second-order valence-electron chi connectivity index (χ2n) is 3.01. The third-order valence-corrected chi connectivity index (χ3v) is 3.13. The van der Waals surface area contributed by atoms with Crippen LogP contribution in [0.1, 0.15) is 17.5 Å². The van der Waals surface area contributed by atoms with E-state index in [0.29, 0.717) is 6.42 Å². The standard InChI is InChI=1S/C9H11N3OS/c10-6(2-4-13)9-12-7-5-11-3-1-8(7)14-9/h1,3,5-6,13H,2,4,10H2. The van der Waals surface area contributed by atoms with E-state index in [1.54, 1.807) is 23.7 Å². The van der Waals surface area contributed by atoms with Crippen molar-refractivity contribution in [3.05, 3.63) is 23.5 Å². The van der Waals surface area contributed by atoms with Crippen molar-refractivity contribution in [1.82, 2.24) is 9.97 Å². The van der Waals surface area contributed by atoms with Gasteiger partial charge in [0.25, 0.3) is 0 Å². The van der Waals surface area contributed by atoms with Crippen LogP contribution in [-0.4, -0.2) is 21.7 Å². The van der Waals surface area contributed by atoms with Gasteiger partial charge in [-0.1, -0.05) is 0 Å². The van der Waals surface area contributed by atoms with Gasteiger partial charge in [0.05, 0.1) is 22.5 Å². The van der Waals surface area contributed by atoms with Crippen LogP contribution in [0.3, 0.4) is 0 Å². The summed E-state index contributed by atoms with van der Waals surface area (Å²) in [6, 6.07) is 1.75. The highest BCUT2D eigenvalue weighted by Crippen LogP contribution is 2.25. The smallest absolute Gasteiger partial charge is 0.111 e. The summed E-state index contributed by atoms with van der Waals surface area (Å²) in [5.41, 5.74) is 6.71. The fourth-order valence-electron chi connectivity index (χ4n) is 1.22. The lowest BCUT2D eigenvalue weighted by atomic mass is 10.2. The van der Waals surface area contributed by atoms with Crippen molar-refractivity contribution in [1.29, 1.82) is 0 Å². The molecule has 2 aromatic heterocycles. The van der Waals surface area contributed by atoms with E-state index in [-0.39, 0.29) is 12.6 Å². The van der Waals surface area contributed by atoms with Gasteiger partial charge in [0.1, 0.15) is 5.01 Å². The monoisotopic (exact) mass is 209 g/mol. The molecule has 2 rings (SSSR count).